The summed E-state index contributed by atoms with van der Waals surface area (Å²) in [6.45, 7) is 2.52. The van der Waals surface area contributed by atoms with E-state index in [1.807, 2.05) is 6.92 Å². The van der Waals surface area contributed by atoms with E-state index in [0.29, 0.717) is 6.54 Å². The Bertz CT molecular complexity index is 604. The number of benzene rings is 1. The Balaban J connectivity index is 2.00. The highest BCUT2D eigenvalue weighted by Gasteiger charge is 2.35. The van der Waals surface area contributed by atoms with Crippen molar-refractivity contribution in [1.29, 1.82) is 0 Å². The minimum absolute atomic E-state index is 0.0504. The Morgan fingerprint density at radius 3 is 2.71 bits per heavy atom. The number of rotatable bonds is 5. The van der Waals surface area contributed by atoms with Crippen LogP contribution in [-0.2, 0) is 17.5 Å². The maximum atomic E-state index is 13.0. The summed E-state index contributed by atoms with van der Waals surface area (Å²) in [6.07, 6.45) is -3.58. The first-order valence-electron chi connectivity index (χ1n) is 7.78. The molecule has 1 aliphatic heterocycles. The maximum absolute atomic E-state index is 13.0. The molecule has 1 aromatic carbocycles. The lowest BCUT2D eigenvalue weighted by Gasteiger charge is -2.20. The molecule has 0 aromatic heterocycles. The van der Waals surface area contributed by atoms with Crippen LogP contribution in [0.5, 0.6) is 0 Å². The van der Waals surface area contributed by atoms with Crippen molar-refractivity contribution >= 4 is 11.9 Å². The Morgan fingerprint density at radius 1 is 1.33 bits per heavy atom. The summed E-state index contributed by atoms with van der Waals surface area (Å²) in [7, 11) is 0. The predicted molar refractivity (Wildman–Crippen MR) is 82.1 cm³/mol. The SMILES string of the molecule is CCCNC(=O)NC1CC(=O)N(Cc2ccccc2C(F)(F)F)C1. The Morgan fingerprint density at radius 2 is 2.04 bits per heavy atom. The van der Waals surface area contributed by atoms with Gasteiger partial charge in [0.1, 0.15) is 0 Å². The van der Waals surface area contributed by atoms with Crippen molar-refractivity contribution in [3.63, 3.8) is 0 Å². The van der Waals surface area contributed by atoms with Crippen LogP contribution in [0.4, 0.5) is 18.0 Å². The number of likely N-dealkylation sites (tertiary alicyclic amines) is 1. The number of nitrogens with one attached hydrogen (secondary N) is 2. The van der Waals surface area contributed by atoms with E-state index in [0.717, 1.165) is 12.5 Å². The first-order chi connectivity index (χ1) is 11.3. The van der Waals surface area contributed by atoms with Gasteiger partial charge in [-0.05, 0) is 18.1 Å². The van der Waals surface area contributed by atoms with E-state index in [1.165, 1.54) is 23.1 Å². The standard InChI is InChI=1S/C16H20F3N3O2/c1-2-7-20-15(24)21-12-8-14(23)22(10-12)9-11-5-3-4-6-13(11)16(17,18)19/h3-6,12H,2,7-10H2,1H3,(H2,20,21,24). The number of halogens is 3. The van der Waals surface area contributed by atoms with Gasteiger partial charge >= 0.3 is 12.2 Å². The van der Waals surface area contributed by atoms with E-state index in [2.05, 4.69) is 10.6 Å². The van der Waals surface area contributed by atoms with Crippen LogP contribution in [0.3, 0.4) is 0 Å². The van der Waals surface area contributed by atoms with E-state index in [1.54, 1.807) is 0 Å². The topological polar surface area (TPSA) is 61.4 Å². The van der Waals surface area contributed by atoms with Gasteiger partial charge in [-0.25, -0.2) is 4.79 Å². The third-order valence-corrected chi connectivity index (χ3v) is 3.77. The number of carbonyl (C=O) groups is 2. The van der Waals surface area contributed by atoms with E-state index in [4.69, 9.17) is 0 Å². The lowest BCUT2D eigenvalue weighted by atomic mass is 10.1. The Hall–Kier alpha value is -2.25. The molecule has 132 valence electrons. The molecule has 1 atom stereocenters. The normalized spacial score (nSPS) is 17.9. The van der Waals surface area contributed by atoms with Crippen LogP contribution in [0.2, 0.25) is 0 Å². The molecular weight excluding hydrogens is 323 g/mol. The quantitative estimate of drug-likeness (QED) is 0.863. The van der Waals surface area contributed by atoms with E-state index >= 15 is 0 Å². The van der Waals surface area contributed by atoms with Crippen LogP contribution in [-0.4, -0.2) is 36.0 Å². The first kappa shape index (κ1) is 18.1. The second-order valence-corrected chi connectivity index (χ2v) is 5.73. The average Bonchev–Trinajstić information content (AvgIpc) is 2.84. The van der Waals surface area contributed by atoms with Gasteiger partial charge in [0, 0.05) is 26.1 Å². The number of hydrogen-bond acceptors (Lipinski definition) is 2. The molecule has 1 unspecified atom stereocenters. The van der Waals surface area contributed by atoms with Crippen LogP contribution in [0.1, 0.15) is 30.9 Å². The largest absolute Gasteiger partial charge is 0.416 e. The molecule has 1 saturated heterocycles. The molecule has 1 fully saturated rings. The van der Waals surface area contributed by atoms with Gasteiger partial charge in [-0.3, -0.25) is 4.79 Å². The highest BCUT2D eigenvalue weighted by Crippen LogP contribution is 2.32. The Kier molecular flexibility index (Phi) is 5.69. The fraction of sp³-hybridized carbons (Fsp3) is 0.500. The monoisotopic (exact) mass is 343 g/mol. The molecule has 0 aliphatic carbocycles. The third kappa shape index (κ3) is 4.62. The van der Waals surface area contributed by atoms with Gasteiger partial charge in [0.05, 0.1) is 11.6 Å². The van der Waals surface area contributed by atoms with Gasteiger partial charge in [0.15, 0.2) is 0 Å². The molecule has 3 amide bonds. The van der Waals surface area contributed by atoms with E-state index in [9.17, 15) is 22.8 Å². The number of alkyl halides is 3. The van der Waals surface area contributed by atoms with Crippen molar-refractivity contribution in [1.82, 2.24) is 15.5 Å². The number of nitrogens with zero attached hydrogens (tertiary/aromatic N) is 1. The van der Waals surface area contributed by atoms with Crippen molar-refractivity contribution < 1.29 is 22.8 Å². The summed E-state index contributed by atoms with van der Waals surface area (Å²) in [5.74, 6) is -0.271. The molecule has 1 aromatic rings. The van der Waals surface area contributed by atoms with Crippen molar-refractivity contribution in [3.05, 3.63) is 35.4 Å². The zero-order valence-electron chi connectivity index (χ0n) is 13.3. The fourth-order valence-corrected chi connectivity index (χ4v) is 2.64. The minimum Gasteiger partial charge on any atom is -0.338 e. The predicted octanol–water partition coefficient (Wildman–Crippen LogP) is 2.52. The van der Waals surface area contributed by atoms with Crippen LogP contribution >= 0.6 is 0 Å². The molecule has 0 spiro atoms. The smallest absolute Gasteiger partial charge is 0.338 e. The summed E-state index contributed by atoms with van der Waals surface area (Å²) >= 11 is 0. The van der Waals surface area contributed by atoms with Crippen molar-refractivity contribution in [2.75, 3.05) is 13.1 Å². The summed E-state index contributed by atoms with van der Waals surface area (Å²) in [5.41, 5.74) is -0.690. The summed E-state index contributed by atoms with van der Waals surface area (Å²) < 4.78 is 39.1. The lowest BCUT2D eigenvalue weighted by molar-refractivity contribution is -0.139. The fourth-order valence-electron chi connectivity index (χ4n) is 2.64. The molecule has 8 heteroatoms. The summed E-state index contributed by atoms with van der Waals surface area (Å²) in [5, 5.41) is 5.31. The van der Waals surface area contributed by atoms with Gasteiger partial charge in [-0.15, -0.1) is 0 Å². The van der Waals surface area contributed by atoms with Crippen LogP contribution in [0.25, 0.3) is 0 Å². The molecule has 24 heavy (non-hydrogen) atoms. The van der Waals surface area contributed by atoms with Gasteiger partial charge in [-0.1, -0.05) is 25.1 Å². The van der Waals surface area contributed by atoms with Crippen molar-refractivity contribution in [3.8, 4) is 0 Å². The van der Waals surface area contributed by atoms with Crippen molar-refractivity contribution in [2.24, 2.45) is 0 Å². The van der Waals surface area contributed by atoms with Crippen LogP contribution < -0.4 is 10.6 Å². The number of carbonyl (C=O) groups excluding carboxylic acids is 2. The van der Waals surface area contributed by atoms with Crippen LogP contribution in [0, 0.1) is 0 Å². The van der Waals surface area contributed by atoms with E-state index in [-0.39, 0.29) is 37.0 Å². The molecule has 0 saturated carbocycles. The molecule has 0 bridgehead atoms. The van der Waals surface area contributed by atoms with Gasteiger partial charge in [0.2, 0.25) is 5.91 Å². The zero-order chi connectivity index (χ0) is 17.7. The lowest BCUT2D eigenvalue weighted by Crippen LogP contribution is -2.43. The first-order valence-corrected chi connectivity index (χ1v) is 7.78. The van der Waals surface area contributed by atoms with Gasteiger partial charge in [-0.2, -0.15) is 13.2 Å². The number of amides is 3. The zero-order valence-corrected chi connectivity index (χ0v) is 13.3. The molecular formula is C16H20F3N3O2. The molecule has 5 nitrogen and oxygen atoms in total. The second-order valence-electron chi connectivity index (χ2n) is 5.73. The molecule has 2 N–H and O–H groups in total. The number of urea groups is 1. The highest BCUT2D eigenvalue weighted by atomic mass is 19.4. The van der Waals surface area contributed by atoms with Crippen molar-refractivity contribution in [2.45, 2.75) is 38.5 Å². The number of hydrogen-bond donors (Lipinski definition) is 2. The summed E-state index contributed by atoms with van der Waals surface area (Å²) in [6, 6.07) is 4.44. The van der Waals surface area contributed by atoms with Gasteiger partial charge < -0.3 is 15.5 Å². The minimum atomic E-state index is -4.46. The average molecular weight is 343 g/mol. The molecule has 1 aliphatic rings. The summed E-state index contributed by atoms with van der Waals surface area (Å²) in [4.78, 5) is 25.0. The highest BCUT2D eigenvalue weighted by molar-refractivity contribution is 5.81. The van der Waals surface area contributed by atoms with E-state index < -0.39 is 17.8 Å². The van der Waals surface area contributed by atoms with Gasteiger partial charge in [0.25, 0.3) is 0 Å². The second kappa shape index (κ2) is 7.55. The Labute approximate surface area is 138 Å². The third-order valence-electron chi connectivity index (χ3n) is 3.77. The molecule has 0 radical (unpaired) electrons. The molecule has 1 heterocycles. The molecule has 2 rings (SSSR count). The maximum Gasteiger partial charge on any atom is 0.416 e. The van der Waals surface area contributed by atoms with Crippen LogP contribution in [0.15, 0.2) is 24.3 Å².